The maximum absolute atomic E-state index is 10.2. The van der Waals surface area contributed by atoms with E-state index >= 15 is 0 Å². The van der Waals surface area contributed by atoms with Crippen LogP contribution in [-0.2, 0) is 5.41 Å². The average molecular weight is 286 g/mol. The van der Waals surface area contributed by atoms with Gasteiger partial charge in [0, 0.05) is 0 Å². The minimum Gasteiger partial charge on any atom is -0.508 e. The molecule has 2 aromatic rings. The number of carbonyl (C=O) groups is 1. The van der Waals surface area contributed by atoms with Crippen molar-refractivity contribution >= 4 is 5.97 Å². The van der Waals surface area contributed by atoms with Crippen molar-refractivity contribution in [2.45, 2.75) is 33.1 Å². The Morgan fingerprint density at radius 1 is 1.00 bits per heavy atom. The number of phenolic OH excluding ortho intramolecular Hbond substituents is 1. The highest BCUT2D eigenvalue weighted by molar-refractivity contribution is 5.87. The Morgan fingerprint density at radius 2 is 1.57 bits per heavy atom. The van der Waals surface area contributed by atoms with Crippen LogP contribution in [0.3, 0.4) is 0 Å². The molecule has 3 heteroatoms. The summed E-state index contributed by atoms with van der Waals surface area (Å²) in [5.74, 6) is -0.501. The molecule has 0 heterocycles. The molecule has 0 bridgehead atoms. The number of carboxylic acid groups (broad SMARTS) is 1. The average Bonchev–Trinajstić information content (AvgIpc) is 2.42. The highest BCUT2D eigenvalue weighted by Crippen LogP contribution is 2.26. The largest absolute Gasteiger partial charge is 0.508 e. The SMILES string of the molecule is Cc1cc(C(C)(C)C)ccc1O.O=C(O)c1ccccc1. The lowest BCUT2D eigenvalue weighted by atomic mass is 9.86. The molecular weight excluding hydrogens is 264 g/mol. The normalized spacial score (nSPS) is 10.5. The second-order valence-corrected chi connectivity index (χ2v) is 5.92. The van der Waals surface area contributed by atoms with Crippen molar-refractivity contribution < 1.29 is 15.0 Å². The number of aryl methyl sites for hydroxylation is 1. The van der Waals surface area contributed by atoms with Gasteiger partial charge in [0.2, 0.25) is 0 Å². The fourth-order valence-corrected chi connectivity index (χ4v) is 1.70. The molecule has 0 radical (unpaired) electrons. The Balaban J connectivity index is 0.000000219. The molecule has 21 heavy (non-hydrogen) atoms. The minimum absolute atomic E-state index is 0.165. The summed E-state index contributed by atoms with van der Waals surface area (Å²) in [7, 11) is 0. The first-order valence-corrected chi connectivity index (χ1v) is 6.80. The summed E-state index contributed by atoms with van der Waals surface area (Å²) in [4.78, 5) is 10.2. The molecule has 0 unspecified atom stereocenters. The minimum atomic E-state index is -0.879. The van der Waals surface area contributed by atoms with Gasteiger partial charge in [-0.3, -0.25) is 0 Å². The Morgan fingerprint density at radius 3 is 1.95 bits per heavy atom. The summed E-state index contributed by atoms with van der Waals surface area (Å²) in [6, 6.07) is 14.1. The van der Waals surface area contributed by atoms with E-state index in [2.05, 4.69) is 20.8 Å². The van der Waals surface area contributed by atoms with Crippen LogP contribution in [0.4, 0.5) is 0 Å². The Kier molecular flexibility index (Phi) is 5.53. The lowest BCUT2D eigenvalue weighted by Crippen LogP contribution is -2.10. The first kappa shape index (κ1) is 16.8. The van der Waals surface area contributed by atoms with E-state index in [4.69, 9.17) is 5.11 Å². The molecule has 0 saturated carbocycles. The van der Waals surface area contributed by atoms with Crippen molar-refractivity contribution in [3.05, 3.63) is 65.2 Å². The van der Waals surface area contributed by atoms with Gasteiger partial charge in [0.25, 0.3) is 0 Å². The van der Waals surface area contributed by atoms with Gasteiger partial charge >= 0.3 is 5.97 Å². The van der Waals surface area contributed by atoms with Crippen LogP contribution < -0.4 is 0 Å². The van der Waals surface area contributed by atoms with Crippen molar-refractivity contribution in [2.24, 2.45) is 0 Å². The van der Waals surface area contributed by atoms with E-state index < -0.39 is 5.97 Å². The number of aromatic hydroxyl groups is 1. The zero-order chi connectivity index (χ0) is 16.0. The van der Waals surface area contributed by atoms with Crippen molar-refractivity contribution in [2.75, 3.05) is 0 Å². The van der Waals surface area contributed by atoms with Crippen LogP contribution in [0.15, 0.2) is 48.5 Å². The number of rotatable bonds is 1. The van der Waals surface area contributed by atoms with Crippen molar-refractivity contribution in [3.8, 4) is 5.75 Å². The molecule has 0 aliphatic rings. The summed E-state index contributed by atoms with van der Waals surface area (Å²) in [6.07, 6.45) is 0. The first-order chi connectivity index (χ1) is 9.71. The van der Waals surface area contributed by atoms with E-state index in [1.54, 1.807) is 36.4 Å². The predicted molar refractivity (Wildman–Crippen MR) is 84.9 cm³/mol. The molecule has 0 amide bonds. The van der Waals surface area contributed by atoms with Crippen molar-refractivity contribution in [3.63, 3.8) is 0 Å². The molecular formula is C18H22O3. The van der Waals surface area contributed by atoms with Crippen LogP contribution in [-0.4, -0.2) is 16.2 Å². The molecule has 0 atom stereocenters. The van der Waals surface area contributed by atoms with E-state index in [0.717, 1.165) is 5.56 Å². The van der Waals surface area contributed by atoms with E-state index in [0.29, 0.717) is 11.3 Å². The second kappa shape index (κ2) is 6.93. The molecule has 0 saturated heterocycles. The standard InChI is InChI=1S/C11H16O.C7H6O2/c1-8-7-9(11(2,3)4)5-6-10(8)12;8-7(9)6-4-2-1-3-5-6/h5-7,12H,1-4H3;1-5H,(H,8,9). The number of benzene rings is 2. The third-order valence-corrected chi connectivity index (χ3v) is 3.08. The molecule has 0 fully saturated rings. The summed E-state index contributed by atoms with van der Waals surface area (Å²) in [6.45, 7) is 8.42. The second-order valence-electron chi connectivity index (χ2n) is 5.92. The van der Waals surface area contributed by atoms with Gasteiger partial charge in [-0.05, 0) is 41.7 Å². The molecule has 2 aromatic carbocycles. The quantitative estimate of drug-likeness (QED) is 0.817. The van der Waals surface area contributed by atoms with Gasteiger partial charge in [0.05, 0.1) is 5.56 Å². The van der Waals surface area contributed by atoms with E-state index in [1.807, 2.05) is 19.1 Å². The fraction of sp³-hybridized carbons (Fsp3) is 0.278. The van der Waals surface area contributed by atoms with Crippen molar-refractivity contribution in [1.82, 2.24) is 0 Å². The number of hydrogen-bond acceptors (Lipinski definition) is 2. The molecule has 0 spiro atoms. The summed E-state index contributed by atoms with van der Waals surface area (Å²) < 4.78 is 0. The van der Waals surface area contributed by atoms with Crippen molar-refractivity contribution in [1.29, 1.82) is 0 Å². The summed E-state index contributed by atoms with van der Waals surface area (Å²) in [5.41, 5.74) is 2.70. The third kappa shape index (κ3) is 5.30. The van der Waals surface area contributed by atoms with Gasteiger partial charge in [-0.15, -0.1) is 0 Å². The van der Waals surface area contributed by atoms with Gasteiger partial charge in [0.1, 0.15) is 5.75 Å². The number of hydrogen-bond donors (Lipinski definition) is 2. The monoisotopic (exact) mass is 286 g/mol. The maximum atomic E-state index is 10.2. The van der Waals surface area contributed by atoms with Crippen LogP contribution in [0.2, 0.25) is 0 Å². The zero-order valence-electron chi connectivity index (χ0n) is 12.9. The Labute approximate surface area is 125 Å². The van der Waals surface area contributed by atoms with Gasteiger partial charge in [-0.1, -0.05) is 51.1 Å². The molecule has 0 aromatic heterocycles. The van der Waals surface area contributed by atoms with Crippen LogP contribution in [0.25, 0.3) is 0 Å². The summed E-state index contributed by atoms with van der Waals surface area (Å²) >= 11 is 0. The Hall–Kier alpha value is -2.29. The van der Waals surface area contributed by atoms with Gasteiger partial charge < -0.3 is 10.2 Å². The Bertz CT molecular complexity index is 596. The topological polar surface area (TPSA) is 57.5 Å². The number of aromatic carboxylic acids is 1. The van der Waals surface area contributed by atoms with E-state index in [9.17, 15) is 9.90 Å². The van der Waals surface area contributed by atoms with Gasteiger partial charge in [-0.2, -0.15) is 0 Å². The molecule has 2 N–H and O–H groups in total. The third-order valence-electron chi connectivity index (χ3n) is 3.08. The van der Waals surface area contributed by atoms with Crippen LogP contribution in [0.1, 0.15) is 42.3 Å². The van der Waals surface area contributed by atoms with Gasteiger partial charge in [0.15, 0.2) is 0 Å². The lowest BCUT2D eigenvalue weighted by Gasteiger charge is -2.19. The summed E-state index contributed by atoms with van der Waals surface area (Å²) in [5, 5.41) is 17.7. The maximum Gasteiger partial charge on any atom is 0.335 e. The highest BCUT2D eigenvalue weighted by Gasteiger charge is 2.13. The first-order valence-electron chi connectivity index (χ1n) is 6.80. The van der Waals surface area contributed by atoms with E-state index in [1.165, 1.54) is 5.56 Å². The lowest BCUT2D eigenvalue weighted by molar-refractivity contribution is 0.0697. The highest BCUT2D eigenvalue weighted by atomic mass is 16.4. The number of carboxylic acids is 1. The molecule has 0 aliphatic carbocycles. The molecule has 112 valence electrons. The molecule has 3 nitrogen and oxygen atoms in total. The fourth-order valence-electron chi connectivity index (χ4n) is 1.70. The smallest absolute Gasteiger partial charge is 0.335 e. The van der Waals surface area contributed by atoms with Crippen LogP contribution in [0.5, 0.6) is 5.75 Å². The number of phenols is 1. The van der Waals surface area contributed by atoms with E-state index in [-0.39, 0.29) is 5.41 Å². The predicted octanol–water partition coefficient (Wildman–Crippen LogP) is 4.38. The molecule has 2 rings (SSSR count). The molecule has 0 aliphatic heterocycles. The van der Waals surface area contributed by atoms with Crippen LogP contribution >= 0.6 is 0 Å². The zero-order valence-corrected chi connectivity index (χ0v) is 12.9. The van der Waals surface area contributed by atoms with Gasteiger partial charge in [-0.25, -0.2) is 4.79 Å². The van der Waals surface area contributed by atoms with Crippen LogP contribution in [0, 0.1) is 6.92 Å².